The van der Waals surface area contributed by atoms with Crippen LogP contribution in [0.25, 0.3) is 0 Å². The molecule has 0 radical (unpaired) electrons. The number of carbonyl (C=O) groups is 1. The molecule has 2 amide bonds. The van der Waals surface area contributed by atoms with Gasteiger partial charge in [0.25, 0.3) is 0 Å². The van der Waals surface area contributed by atoms with Gasteiger partial charge in [-0.05, 0) is 37.5 Å². The molecule has 0 spiro atoms. The number of methoxy groups -OCH3 is 1. The Bertz CT molecular complexity index is 567. The highest BCUT2D eigenvalue weighted by atomic mass is 19.1. The van der Waals surface area contributed by atoms with Gasteiger partial charge in [-0.25, -0.2) is 9.18 Å². The fourth-order valence-corrected chi connectivity index (χ4v) is 3.09. The van der Waals surface area contributed by atoms with Gasteiger partial charge in [-0.1, -0.05) is 19.4 Å². The third kappa shape index (κ3) is 3.93. The number of hydrogen-bond donors (Lipinski definition) is 3. The lowest BCUT2D eigenvalue weighted by Crippen LogP contribution is -2.49. The van der Waals surface area contributed by atoms with Gasteiger partial charge in [-0.15, -0.1) is 0 Å². The molecule has 6 heteroatoms. The minimum absolute atomic E-state index is 0.0394. The molecular weight excluding hydrogens is 299 g/mol. The zero-order chi connectivity index (χ0) is 17.0. The Morgan fingerprint density at radius 3 is 2.96 bits per heavy atom. The predicted molar refractivity (Wildman–Crippen MR) is 85.9 cm³/mol. The van der Waals surface area contributed by atoms with Crippen molar-refractivity contribution in [3.8, 4) is 5.75 Å². The third-order valence-corrected chi connectivity index (χ3v) is 4.77. The first kappa shape index (κ1) is 17.5. The van der Waals surface area contributed by atoms with Crippen molar-refractivity contribution < 1.29 is 19.0 Å². The summed E-state index contributed by atoms with van der Waals surface area (Å²) in [5.41, 5.74) is 0.495. The van der Waals surface area contributed by atoms with Crippen LogP contribution in [-0.4, -0.2) is 30.9 Å². The highest BCUT2D eigenvalue weighted by molar-refractivity contribution is 5.75. The first-order valence-corrected chi connectivity index (χ1v) is 7.91. The summed E-state index contributed by atoms with van der Waals surface area (Å²) in [7, 11) is 1.41. The Morgan fingerprint density at radius 2 is 2.30 bits per heavy atom. The molecule has 1 aromatic carbocycles. The summed E-state index contributed by atoms with van der Waals surface area (Å²) in [5.74, 6) is -0.280. The van der Waals surface area contributed by atoms with Gasteiger partial charge < -0.3 is 20.5 Å². The molecule has 1 fully saturated rings. The quantitative estimate of drug-likeness (QED) is 0.780. The van der Waals surface area contributed by atoms with Gasteiger partial charge in [0.15, 0.2) is 11.6 Å². The Labute approximate surface area is 136 Å². The van der Waals surface area contributed by atoms with Gasteiger partial charge in [0, 0.05) is 11.5 Å². The number of rotatable bonds is 5. The van der Waals surface area contributed by atoms with Gasteiger partial charge in [0.1, 0.15) is 0 Å². The molecule has 3 N–H and O–H groups in total. The Kier molecular flexibility index (Phi) is 5.46. The molecule has 0 heterocycles. The average molecular weight is 324 g/mol. The van der Waals surface area contributed by atoms with E-state index >= 15 is 0 Å². The molecule has 1 saturated carbocycles. The molecule has 0 aliphatic heterocycles. The van der Waals surface area contributed by atoms with Gasteiger partial charge in [0.2, 0.25) is 0 Å². The van der Waals surface area contributed by atoms with E-state index in [1.807, 2.05) is 13.8 Å². The van der Waals surface area contributed by atoms with Crippen LogP contribution in [0.15, 0.2) is 18.2 Å². The molecular formula is C17H25FN2O3. The minimum Gasteiger partial charge on any atom is -0.494 e. The normalized spacial score (nSPS) is 25.0. The summed E-state index contributed by atoms with van der Waals surface area (Å²) in [4.78, 5) is 12.2. The van der Waals surface area contributed by atoms with Crippen LogP contribution in [0.4, 0.5) is 9.18 Å². The Balaban J connectivity index is 1.97. The van der Waals surface area contributed by atoms with Gasteiger partial charge in [-0.3, -0.25) is 0 Å². The van der Waals surface area contributed by atoms with Crippen molar-refractivity contribution in [2.75, 3.05) is 13.7 Å². The summed E-state index contributed by atoms with van der Waals surface area (Å²) >= 11 is 0. The summed E-state index contributed by atoms with van der Waals surface area (Å²) in [6.45, 7) is 3.87. The average Bonchev–Trinajstić information content (AvgIpc) is 2.89. The number of carbonyl (C=O) groups excluding carboxylic acids is 1. The number of hydrogen-bond acceptors (Lipinski definition) is 3. The molecule has 3 atom stereocenters. The molecule has 1 aromatic rings. The summed E-state index contributed by atoms with van der Waals surface area (Å²) in [6, 6.07) is 3.91. The molecule has 2 rings (SSSR count). The Morgan fingerprint density at radius 1 is 1.57 bits per heavy atom. The molecule has 23 heavy (non-hydrogen) atoms. The largest absolute Gasteiger partial charge is 0.494 e. The van der Waals surface area contributed by atoms with E-state index < -0.39 is 5.82 Å². The molecule has 0 bridgehead atoms. The van der Waals surface area contributed by atoms with Crippen LogP contribution < -0.4 is 15.4 Å². The van der Waals surface area contributed by atoms with Crippen LogP contribution in [-0.2, 0) is 0 Å². The van der Waals surface area contributed by atoms with E-state index in [0.717, 1.165) is 24.8 Å². The number of urea groups is 1. The first-order valence-electron chi connectivity index (χ1n) is 7.91. The molecule has 5 nitrogen and oxygen atoms in total. The maximum absolute atomic E-state index is 13.4. The fraction of sp³-hybridized carbons (Fsp3) is 0.588. The van der Waals surface area contributed by atoms with Crippen LogP contribution in [0.5, 0.6) is 5.75 Å². The maximum Gasteiger partial charge on any atom is 0.315 e. The van der Waals surface area contributed by atoms with Crippen molar-refractivity contribution in [1.82, 2.24) is 10.6 Å². The Hall–Kier alpha value is -1.82. The fourth-order valence-electron chi connectivity index (χ4n) is 3.09. The predicted octanol–water partition coefficient (Wildman–Crippen LogP) is 2.75. The van der Waals surface area contributed by atoms with E-state index in [4.69, 9.17) is 4.74 Å². The molecule has 1 aliphatic carbocycles. The van der Waals surface area contributed by atoms with Crippen LogP contribution in [0.2, 0.25) is 0 Å². The molecule has 0 aromatic heterocycles. The van der Waals surface area contributed by atoms with E-state index in [1.54, 1.807) is 12.1 Å². The topological polar surface area (TPSA) is 70.6 Å². The number of benzene rings is 1. The second kappa shape index (κ2) is 7.17. The van der Waals surface area contributed by atoms with Crippen molar-refractivity contribution in [2.45, 2.75) is 45.2 Å². The van der Waals surface area contributed by atoms with Gasteiger partial charge in [0.05, 0.1) is 19.8 Å². The molecule has 1 aliphatic rings. The highest BCUT2D eigenvalue weighted by Crippen LogP contribution is 2.37. The monoisotopic (exact) mass is 324 g/mol. The number of ether oxygens (including phenoxy) is 1. The van der Waals surface area contributed by atoms with E-state index in [2.05, 4.69) is 10.6 Å². The first-order chi connectivity index (χ1) is 10.9. The van der Waals surface area contributed by atoms with E-state index in [1.165, 1.54) is 13.2 Å². The SMILES string of the molecule is COc1cc(C(C)NC(=O)NC2CCCC2(C)CO)ccc1F. The van der Waals surface area contributed by atoms with Crippen LogP contribution in [0.3, 0.4) is 0 Å². The van der Waals surface area contributed by atoms with Crippen LogP contribution in [0, 0.1) is 11.2 Å². The maximum atomic E-state index is 13.4. The zero-order valence-electron chi connectivity index (χ0n) is 13.9. The van der Waals surface area contributed by atoms with Crippen LogP contribution >= 0.6 is 0 Å². The summed E-state index contributed by atoms with van der Waals surface area (Å²) < 4.78 is 18.4. The number of aliphatic hydroxyl groups excluding tert-OH is 1. The third-order valence-electron chi connectivity index (χ3n) is 4.77. The number of amides is 2. The summed E-state index contributed by atoms with van der Waals surface area (Å²) in [5, 5.41) is 15.3. The van der Waals surface area contributed by atoms with Crippen molar-refractivity contribution in [3.05, 3.63) is 29.6 Å². The number of nitrogens with one attached hydrogen (secondary N) is 2. The standard InChI is InChI=1S/C17H25FN2O3/c1-11(12-6-7-13(18)14(9-12)23-3)19-16(22)20-15-5-4-8-17(15,2)10-21/h6-7,9,11,15,21H,4-5,8,10H2,1-3H3,(H2,19,20,22). The van der Waals surface area contributed by atoms with Crippen molar-refractivity contribution in [2.24, 2.45) is 5.41 Å². The van der Waals surface area contributed by atoms with E-state index in [0.29, 0.717) is 0 Å². The van der Waals surface area contributed by atoms with Gasteiger partial charge in [-0.2, -0.15) is 0 Å². The minimum atomic E-state index is -0.433. The number of halogens is 1. The van der Waals surface area contributed by atoms with E-state index in [9.17, 15) is 14.3 Å². The van der Waals surface area contributed by atoms with Crippen molar-refractivity contribution in [3.63, 3.8) is 0 Å². The van der Waals surface area contributed by atoms with Crippen molar-refractivity contribution in [1.29, 1.82) is 0 Å². The number of aliphatic hydroxyl groups is 1. The molecule has 3 unspecified atom stereocenters. The van der Waals surface area contributed by atoms with Crippen LogP contribution in [0.1, 0.15) is 44.7 Å². The van der Waals surface area contributed by atoms with E-state index in [-0.39, 0.29) is 35.9 Å². The zero-order valence-corrected chi connectivity index (χ0v) is 13.9. The second-order valence-electron chi connectivity index (χ2n) is 6.49. The lowest BCUT2D eigenvalue weighted by molar-refractivity contribution is 0.121. The molecule has 0 saturated heterocycles. The lowest BCUT2D eigenvalue weighted by Gasteiger charge is -2.30. The molecule has 128 valence electrons. The smallest absolute Gasteiger partial charge is 0.315 e. The highest BCUT2D eigenvalue weighted by Gasteiger charge is 2.39. The second-order valence-corrected chi connectivity index (χ2v) is 6.49. The summed E-state index contributed by atoms with van der Waals surface area (Å²) in [6.07, 6.45) is 2.76. The van der Waals surface area contributed by atoms with Crippen molar-refractivity contribution >= 4 is 6.03 Å². The van der Waals surface area contributed by atoms with Gasteiger partial charge >= 0.3 is 6.03 Å². The lowest BCUT2D eigenvalue weighted by atomic mass is 9.86.